The van der Waals surface area contributed by atoms with Crippen molar-refractivity contribution in [3.05, 3.63) is 90.8 Å². The van der Waals surface area contributed by atoms with Crippen molar-refractivity contribution in [1.29, 1.82) is 0 Å². The van der Waals surface area contributed by atoms with Crippen molar-refractivity contribution in [2.75, 3.05) is 17.7 Å². The monoisotopic (exact) mass is 614 g/mol. The van der Waals surface area contributed by atoms with Gasteiger partial charge in [0.05, 0.1) is 22.5 Å². The number of benzene rings is 2. The van der Waals surface area contributed by atoms with Gasteiger partial charge in [-0.25, -0.2) is 4.68 Å². The zero-order valence-electron chi connectivity index (χ0n) is 25.2. The maximum Gasteiger partial charge on any atom is 0.573 e. The lowest BCUT2D eigenvalue weighted by Gasteiger charge is -2.26. The lowest BCUT2D eigenvalue weighted by atomic mass is 9.90. The number of aromatic nitrogens is 2. The summed E-state index contributed by atoms with van der Waals surface area (Å²) in [5, 5.41) is 4.72. The van der Waals surface area contributed by atoms with Gasteiger partial charge in [0.1, 0.15) is 5.75 Å². The Kier molecular flexibility index (Phi) is 12.5. The van der Waals surface area contributed by atoms with Crippen molar-refractivity contribution >= 4 is 28.9 Å². The van der Waals surface area contributed by atoms with Gasteiger partial charge in [-0.05, 0) is 92.1 Å². The molecule has 1 amide bonds. The number of nitrogens with two attached hydrogens (primary N) is 1. The van der Waals surface area contributed by atoms with Gasteiger partial charge in [0.2, 0.25) is 5.91 Å². The number of halogens is 3. The van der Waals surface area contributed by atoms with Crippen molar-refractivity contribution < 1.29 is 22.7 Å². The van der Waals surface area contributed by atoms with Crippen LogP contribution in [-0.4, -0.2) is 40.2 Å². The summed E-state index contributed by atoms with van der Waals surface area (Å²) in [5.74, 6) is 1.67. The van der Waals surface area contributed by atoms with E-state index in [4.69, 9.17) is 0 Å². The summed E-state index contributed by atoms with van der Waals surface area (Å²) in [6, 6.07) is 15.8. The quantitative estimate of drug-likeness (QED) is 0.271. The molecule has 232 valence electrons. The Labute approximate surface area is 256 Å². The highest BCUT2D eigenvalue weighted by atomic mass is 32.2. The van der Waals surface area contributed by atoms with Gasteiger partial charge in [0, 0.05) is 11.9 Å². The third-order valence-corrected chi connectivity index (χ3v) is 8.27. The van der Waals surface area contributed by atoms with E-state index < -0.39 is 6.36 Å². The molecule has 6 nitrogen and oxygen atoms in total. The zero-order valence-corrected chi connectivity index (χ0v) is 26.0. The van der Waals surface area contributed by atoms with Crippen LogP contribution in [0.25, 0.3) is 11.3 Å². The first kappa shape index (κ1) is 34.0. The smallest absolute Gasteiger partial charge is 0.406 e. The lowest BCUT2D eigenvalue weighted by molar-refractivity contribution is -0.274. The van der Waals surface area contributed by atoms with Crippen molar-refractivity contribution in [3.8, 4) is 11.4 Å². The maximum atomic E-state index is 12.2. The average Bonchev–Trinajstić information content (AvgIpc) is 3.62. The van der Waals surface area contributed by atoms with E-state index in [1.807, 2.05) is 35.4 Å². The lowest BCUT2D eigenvalue weighted by Crippen LogP contribution is -2.33. The normalized spacial score (nSPS) is 18.3. The van der Waals surface area contributed by atoms with E-state index in [2.05, 4.69) is 61.1 Å². The highest BCUT2D eigenvalue weighted by molar-refractivity contribution is 8.01. The van der Waals surface area contributed by atoms with Gasteiger partial charge in [-0.3, -0.25) is 9.69 Å². The predicted molar refractivity (Wildman–Crippen MR) is 170 cm³/mol. The molecule has 0 bridgehead atoms. The summed E-state index contributed by atoms with van der Waals surface area (Å²) in [5.41, 5.74) is 9.65. The van der Waals surface area contributed by atoms with E-state index in [1.165, 1.54) is 30.3 Å². The molecule has 1 aromatic heterocycles. The summed E-state index contributed by atoms with van der Waals surface area (Å²) >= 11 is 1.70. The fourth-order valence-electron chi connectivity index (χ4n) is 4.91. The molecule has 0 radical (unpaired) electrons. The van der Waals surface area contributed by atoms with Crippen LogP contribution in [0.2, 0.25) is 0 Å². The van der Waals surface area contributed by atoms with E-state index in [0.29, 0.717) is 23.3 Å². The first-order chi connectivity index (χ1) is 20.6. The van der Waals surface area contributed by atoms with Crippen molar-refractivity contribution in [3.63, 3.8) is 0 Å². The highest BCUT2D eigenvalue weighted by Gasteiger charge is 2.33. The molecule has 1 unspecified atom stereocenters. The summed E-state index contributed by atoms with van der Waals surface area (Å²) in [6.07, 6.45) is 5.31. The molecule has 3 aromatic rings. The Morgan fingerprint density at radius 1 is 1.14 bits per heavy atom. The Morgan fingerprint density at radius 3 is 2.44 bits per heavy atom. The van der Waals surface area contributed by atoms with Gasteiger partial charge >= 0.3 is 6.36 Å². The molecule has 2 aromatic carbocycles. The summed E-state index contributed by atoms with van der Waals surface area (Å²) < 4.78 is 42.0. The van der Waals surface area contributed by atoms with Gasteiger partial charge in [0.25, 0.3) is 0 Å². The number of carbonyl (C=O) groups is 1. The number of anilines is 1. The molecule has 1 saturated heterocycles. The number of allylic oxidation sites excluding steroid dienone is 2. The molecule has 1 aliphatic heterocycles. The van der Waals surface area contributed by atoms with Gasteiger partial charge in [-0.15, -0.1) is 31.5 Å². The van der Waals surface area contributed by atoms with Crippen LogP contribution >= 0.6 is 11.8 Å². The fraction of sp³-hybridized carbons (Fsp3) is 0.394. The van der Waals surface area contributed by atoms with Crippen LogP contribution in [0, 0.1) is 5.92 Å². The Balaban J connectivity index is 0.000000229. The molecule has 0 spiro atoms. The maximum absolute atomic E-state index is 12.2. The third kappa shape index (κ3) is 9.49. The number of alkyl halides is 3. The highest BCUT2D eigenvalue weighted by Crippen LogP contribution is 2.37. The molecule has 1 aliphatic carbocycles. The minimum Gasteiger partial charge on any atom is -0.406 e. The second-order valence-corrected chi connectivity index (χ2v) is 11.7. The average molecular weight is 615 g/mol. The molecule has 2 N–H and O–H groups in total. The number of para-hydroxylation sites is 1. The van der Waals surface area contributed by atoms with E-state index in [1.54, 1.807) is 28.6 Å². The largest absolute Gasteiger partial charge is 0.573 e. The molecule has 1 fully saturated rings. The van der Waals surface area contributed by atoms with Gasteiger partial charge in [0.15, 0.2) is 0 Å². The van der Waals surface area contributed by atoms with Gasteiger partial charge in [-0.2, -0.15) is 5.10 Å². The Morgan fingerprint density at radius 2 is 1.84 bits per heavy atom. The fourth-order valence-corrected chi connectivity index (χ4v) is 6.04. The number of amides is 1. The Hall–Kier alpha value is -3.50. The van der Waals surface area contributed by atoms with E-state index >= 15 is 0 Å². The summed E-state index contributed by atoms with van der Waals surface area (Å²) in [6.45, 7) is 10.3. The second-order valence-electron chi connectivity index (χ2n) is 10.6. The molecule has 43 heavy (non-hydrogen) atoms. The first-order valence-electron chi connectivity index (χ1n) is 14.4. The van der Waals surface area contributed by atoms with Crippen LogP contribution in [0.15, 0.2) is 79.5 Å². The van der Waals surface area contributed by atoms with Crippen molar-refractivity contribution in [2.45, 2.75) is 64.1 Å². The molecule has 2 heterocycles. The second kappa shape index (κ2) is 15.8. The standard InChI is InChI=1S/C17H17F3N2O.C15H19NOS.CH5N/c1-12-2-4-13(5-3-12)16-10-11-22(21-16)14-6-8-15(9-7-14)23-17(18,19)20;1-4-7-15-16(14(17)10-18-15)13-9-6-5-8-12(13)11(2)3;1-2/h4,6-12H,2-3,5H2,1H3;4-6,8-9,11,15H,1,7,10H2,2-3H3;2H2,1H3/t;15-;/m.1./s1. The topological polar surface area (TPSA) is 73.4 Å². The molecular weight excluding hydrogens is 573 g/mol. The number of ether oxygens (including phenoxy) is 1. The number of hydrogen-bond donors (Lipinski definition) is 1. The molecule has 2 aliphatic rings. The van der Waals surface area contributed by atoms with Crippen molar-refractivity contribution in [1.82, 2.24) is 9.78 Å². The number of thioether (sulfide) groups is 1. The number of rotatable bonds is 7. The van der Waals surface area contributed by atoms with Crippen LogP contribution in [0.4, 0.5) is 18.9 Å². The SMILES string of the molecule is C=CC[C@H]1SCC(=O)N1c1ccccc1C(C)C.CC1CC=C(c2ccn(-c3ccc(OC(F)(F)F)cc3)n2)CC1.CN. The third-order valence-electron chi connectivity index (χ3n) is 7.07. The van der Waals surface area contributed by atoms with Crippen LogP contribution < -0.4 is 15.4 Å². The molecular formula is C33H41F3N4O2S. The number of nitrogens with zero attached hydrogens (tertiary/aromatic N) is 3. The van der Waals surface area contributed by atoms with Gasteiger partial charge in [-0.1, -0.05) is 51.1 Å². The van der Waals surface area contributed by atoms with Crippen LogP contribution in [0.1, 0.15) is 63.6 Å². The van der Waals surface area contributed by atoms with Gasteiger partial charge < -0.3 is 10.5 Å². The molecule has 5 rings (SSSR count). The minimum atomic E-state index is -4.68. The number of carbonyl (C=O) groups excluding carboxylic acids is 1. The van der Waals surface area contributed by atoms with Crippen LogP contribution in [0.3, 0.4) is 0 Å². The van der Waals surface area contributed by atoms with Crippen LogP contribution in [0.5, 0.6) is 5.75 Å². The molecule has 0 saturated carbocycles. The van der Waals surface area contributed by atoms with Crippen LogP contribution in [-0.2, 0) is 4.79 Å². The van der Waals surface area contributed by atoms with E-state index in [9.17, 15) is 18.0 Å². The number of hydrogen-bond acceptors (Lipinski definition) is 5. The minimum absolute atomic E-state index is 0.204. The van der Waals surface area contributed by atoms with E-state index in [0.717, 1.165) is 37.1 Å². The molecule has 10 heteroatoms. The first-order valence-corrected chi connectivity index (χ1v) is 15.4. The van der Waals surface area contributed by atoms with Crippen molar-refractivity contribution in [2.24, 2.45) is 11.7 Å². The summed E-state index contributed by atoms with van der Waals surface area (Å²) in [7, 11) is 1.50. The molecule has 2 atom stereocenters. The Bertz CT molecular complexity index is 1370. The van der Waals surface area contributed by atoms with E-state index in [-0.39, 0.29) is 17.0 Å². The predicted octanol–water partition coefficient (Wildman–Crippen LogP) is 8.34. The summed E-state index contributed by atoms with van der Waals surface area (Å²) in [4.78, 5) is 14.1. The zero-order chi connectivity index (χ0) is 31.6.